The molecule has 0 heterocycles. The van der Waals surface area contributed by atoms with Crippen LogP contribution in [0.25, 0.3) is 0 Å². The van der Waals surface area contributed by atoms with Crippen molar-refractivity contribution in [3.05, 3.63) is 53.6 Å². The van der Waals surface area contributed by atoms with Crippen LogP contribution in [0.5, 0.6) is 17.2 Å². The Kier molecular flexibility index (Phi) is 5.67. The van der Waals surface area contributed by atoms with Gasteiger partial charge in [-0.2, -0.15) is 0 Å². The molecule has 0 fully saturated rings. The number of ether oxygens (including phenoxy) is 3. The molecule has 2 aromatic rings. The molecule has 118 valence electrons. The van der Waals surface area contributed by atoms with Gasteiger partial charge in [0.1, 0.15) is 5.75 Å². The molecule has 0 amide bonds. The molecular weight excluding hydrogens is 278 g/mol. The molecule has 0 saturated heterocycles. The van der Waals surface area contributed by atoms with E-state index >= 15 is 0 Å². The minimum absolute atomic E-state index is 0.215. The number of hydrogen-bond acceptors (Lipinski definition) is 4. The van der Waals surface area contributed by atoms with Gasteiger partial charge < -0.3 is 19.9 Å². The second kappa shape index (κ2) is 7.71. The summed E-state index contributed by atoms with van der Waals surface area (Å²) in [5, 5.41) is 0. The number of hydrogen-bond donors (Lipinski definition) is 1. The lowest BCUT2D eigenvalue weighted by atomic mass is 9.91. The Hall–Kier alpha value is -2.20. The average Bonchev–Trinajstić information content (AvgIpc) is 2.59. The van der Waals surface area contributed by atoms with Gasteiger partial charge in [0, 0.05) is 5.92 Å². The molecule has 1 unspecified atom stereocenters. The van der Waals surface area contributed by atoms with Crippen LogP contribution < -0.4 is 19.9 Å². The van der Waals surface area contributed by atoms with E-state index in [4.69, 9.17) is 19.9 Å². The third-order valence-electron chi connectivity index (χ3n) is 3.82. The predicted octanol–water partition coefficient (Wildman–Crippen LogP) is 3.00. The third kappa shape index (κ3) is 3.52. The number of benzene rings is 2. The summed E-state index contributed by atoms with van der Waals surface area (Å²) in [6, 6.07) is 14.0. The molecule has 1 atom stereocenters. The van der Waals surface area contributed by atoms with E-state index in [0.29, 0.717) is 6.54 Å². The van der Waals surface area contributed by atoms with E-state index in [9.17, 15) is 0 Å². The van der Waals surface area contributed by atoms with Gasteiger partial charge in [-0.1, -0.05) is 24.3 Å². The summed E-state index contributed by atoms with van der Waals surface area (Å²) in [7, 11) is 4.97. The monoisotopic (exact) mass is 301 g/mol. The van der Waals surface area contributed by atoms with E-state index in [1.54, 1.807) is 21.3 Å². The molecule has 0 aromatic heterocycles. The minimum atomic E-state index is 0.215. The maximum Gasteiger partial charge on any atom is 0.163 e. The molecule has 0 bridgehead atoms. The van der Waals surface area contributed by atoms with Crippen LogP contribution in [-0.2, 0) is 6.42 Å². The number of nitrogens with two attached hydrogens (primary N) is 1. The molecule has 0 saturated carbocycles. The van der Waals surface area contributed by atoms with Crippen molar-refractivity contribution in [1.29, 1.82) is 0 Å². The molecule has 2 rings (SSSR count). The highest BCUT2D eigenvalue weighted by Crippen LogP contribution is 2.34. The average molecular weight is 301 g/mol. The van der Waals surface area contributed by atoms with Gasteiger partial charge in [0.2, 0.25) is 0 Å². The van der Waals surface area contributed by atoms with Crippen molar-refractivity contribution in [3.63, 3.8) is 0 Å². The number of methoxy groups -OCH3 is 3. The van der Waals surface area contributed by atoms with Gasteiger partial charge in [0.25, 0.3) is 0 Å². The van der Waals surface area contributed by atoms with Crippen molar-refractivity contribution in [2.75, 3.05) is 27.9 Å². The zero-order valence-corrected chi connectivity index (χ0v) is 13.3. The molecule has 0 spiro atoms. The molecule has 22 heavy (non-hydrogen) atoms. The first-order valence-electron chi connectivity index (χ1n) is 7.27. The number of para-hydroxylation sites is 1. The van der Waals surface area contributed by atoms with E-state index in [0.717, 1.165) is 29.2 Å². The first-order valence-corrected chi connectivity index (χ1v) is 7.27. The Balaban J connectivity index is 2.26. The highest BCUT2D eigenvalue weighted by molar-refractivity contribution is 5.47. The molecule has 0 aliphatic heterocycles. The smallest absolute Gasteiger partial charge is 0.163 e. The van der Waals surface area contributed by atoms with E-state index in [1.165, 1.54) is 5.56 Å². The normalized spacial score (nSPS) is 11.8. The highest BCUT2D eigenvalue weighted by atomic mass is 16.5. The molecule has 2 aromatic carbocycles. The quantitative estimate of drug-likeness (QED) is 0.854. The molecule has 4 heteroatoms. The van der Waals surface area contributed by atoms with Crippen LogP contribution in [0.3, 0.4) is 0 Å². The molecule has 0 aliphatic rings. The summed E-state index contributed by atoms with van der Waals surface area (Å²) in [5.41, 5.74) is 8.26. The topological polar surface area (TPSA) is 53.7 Å². The SMILES string of the molecule is COc1ccc(C(CN)Cc2cccc(OC)c2OC)cc1. The standard InChI is InChI=1S/C18H23NO3/c1-20-16-9-7-13(8-10-16)15(12-19)11-14-5-4-6-17(21-2)18(14)22-3/h4-10,15H,11-12,19H2,1-3H3. The van der Waals surface area contributed by atoms with Crippen LogP contribution in [0.1, 0.15) is 17.0 Å². The Bertz CT molecular complexity index is 596. The van der Waals surface area contributed by atoms with E-state index < -0.39 is 0 Å². The number of rotatable bonds is 7. The summed E-state index contributed by atoms with van der Waals surface area (Å²) < 4.78 is 16.1. The van der Waals surface area contributed by atoms with E-state index in [-0.39, 0.29) is 5.92 Å². The summed E-state index contributed by atoms with van der Waals surface area (Å²) in [5.74, 6) is 2.58. The second-order valence-electron chi connectivity index (χ2n) is 5.06. The Morgan fingerprint density at radius 3 is 2.18 bits per heavy atom. The Morgan fingerprint density at radius 2 is 1.64 bits per heavy atom. The van der Waals surface area contributed by atoms with Crippen LogP contribution in [-0.4, -0.2) is 27.9 Å². The summed E-state index contributed by atoms with van der Waals surface area (Å²) in [6.45, 7) is 0.562. The predicted molar refractivity (Wildman–Crippen MR) is 88.0 cm³/mol. The van der Waals surface area contributed by atoms with Crippen LogP contribution in [0.2, 0.25) is 0 Å². The van der Waals surface area contributed by atoms with Gasteiger partial charge in [-0.3, -0.25) is 0 Å². The van der Waals surface area contributed by atoms with Gasteiger partial charge in [0.05, 0.1) is 21.3 Å². The third-order valence-corrected chi connectivity index (χ3v) is 3.82. The summed E-state index contributed by atoms with van der Waals surface area (Å²) >= 11 is 0. The first kappa shape index (κ1) is 16.2. The Labute approximate surface area is 131 Å². The first-order chi connectivity index (χ1) is 10.7. The van der Waals surface area contributed by atoms with Gasteiger partial charge >= 0.3 is 0 Å². The molecular formula is C18H23NO3. The summed E-state index contributed by atoms with van der Waals surface area (Å²) in [4.78, 5) is 0. The van der Waals surface area contributed by atoms with Crippen LogP contribution >= 0.6 is 0 Å². The fourth-order valence-corrected chi connectivity index (χ4v) is 2.59. The molecule has 2 N–H and O–H groups in total. The molecule has 0 aliphatic carbocycles. The zero-order chi connectivity index (χ0) is 15.9. The van der Waals surface area contributed by atoms with Crippen molar-refractivity contribution in [2.24, 2.45) is 5.73 Å². The van der Waals surface area contributed by atoms with Crippen molar-refractivity contribution >= 4 is 0 Å². The van der Waals surface area contributed by atoms with E-state index in [2.05, 4.69) is 12.1 Å². The minimum Gasteiger partial charge on any atom is -0.497 e. The van der Waals surface area contributed by atoms with Crippen LogP contribution in [0, 0.1) is 0 Å². The largest absolute Gasteiger partial charge is 0.497 e. The molecule has 0 radical (unpaired) electrons. The van der Waals surface area contributed by atoms with Crippen molar-refractivity contribution in [1.82, 2.24) is 0 Å². The van der Waals surface area contributed by atoms with Crippen LogP contribution in [0.15, 0.2) is 42.5 Å². The fourth-order valence-electron chi connectivity index (χ4n) is 2.59. The summed E-state index contributed by atoms with van der Waals surface area (Å²) in [6.07, 6.45) is 0.795. The zero-order valence-electron chi connectivity index (χ0n) is 13.3. The lowest BCUT2D eigenvalue weighted by molar-refractivity contribution is 0.351. The Morgan fingerprint density at radius 1 is 0.909 bits per heavy atom. The second-order valence-corrected chi connectivity index (χ2v) is 5.06. The van der Waals surface area contributed by atoms with Crippen molar-refractivity contribution in [2.45, 2.75) is 12.3 Å². The van der Waals surface area contributed by atoms with Crippen molar-refractivity contribution in [3.8, 4) is 17.2 Å². The highest BCUT2D eigenvalue weighted by Gasteiger charge is 2.16. The van der Waals surface area contributed by atoms with E-state index in [1.807, 2.05) is 30.3 Å². The maximum atomic E-state index is 5.98. The molecule has 4 nitrogen and oxygen atoms in total. The fraction of sp³-hybridized carbons (Fsp3) is 0.333. The van der Waals surface area contributed by atoms with Gasteiger partial charge in [-0.15, -0.1) is 0 Å². The van der Waals surface area contributed by atoms with Gasteiger partial charge in [0.15, 0.2) is 11.5 Å². The van der Waals surface area contributed by atoms with Gasteiger partial charge in [-0.05, 0) is 42.3 Å². The van der Waals surface area contributed by atoms with Crippen LogP contribution in [0.4, 0.5) is 0 Å². The van der Waals surface area contributed by atoms with Crippen molar-refractivity contribution < 1.29 is 14.2 Å². The lowest BCUT2D eigenvalue weighted by Crippen LogP contribution is -2.15. The lowest BCUT2D eigenvalue weighted by Gasteiger charge is -2.19. The van der Waals surface area contributed by atoms with Gasteiger partial charge in [-0.25, -0.2) is 0 Å². The maximum absolute atomic E-state index is 5.98.